The summed E-state index contributed by atoms with van der Waals surface area (Å²) < 4.78 is 20.3. The molecule has 0 saturated carbocycles. The maximum atomic E-state index is 14.0. The van der Waals surface area contributed by atoms with Gasteiger partial charge in [-0.1, -0.05) is 6.07 Å². The van der Waals surface area contributed by atoms with Gasteiger partial charge >= 0.3 is 0 Å². The summed E-state index contributed by atoms with van der Waals surface area (Å²) >= 11 is 0. The number of nitriles is 1. The van der Waals surface area contributed by atoms with Crippen LogP contribution in [0.4, 0.5) is 15.8 Å². The molecule has 0 amide bonds. The fourth-order valence-electron chi connectivity index (χ4n) is 5.76. The standard InChI is InChI=1S/C27H29FN6O/c1-17-11-33(25-7-5-18(10-29)27-22(25)3-2-8-31-27)13-21-16-35-26-9-20(6-4-19(26)12-34(17)21)32-14-23(28)24(30)15-32/h2-9,17,21,23-24H,11-16,30H2,1H3/t17-,21-,23+,24-/m1/s1. The molecule has 2 N–H and O–H groups in total. The van der Waals surface area contributed by atoms with Crippen LogP contribution in [0.15, 0.2) is 48.7 Å². The van der Waals surface area contributed by atoms with E-state index in [1.54, 1.807) is 6.20 Å². The zero-order valence-electron chi connectivity index (χ0n) is 19.8. The summed E-state index contributed by atoms with van der Waals surface area (Å²) in [5.41, 5.74) is 10.5. The summed E-state index contributed by atoms with van der Waals surface area (Å²) in [5.74, 6) is 0.875. The first-order valence-corrected chi connectivity index (χ1v) is 12.2. The molecular weight excluding hydrogens is 443 g/mol. The number of hydrogen-bond donors (Lipinski definition) is 1. The summed E-state index contributed by atoms with van der Waals surface area (Å²) in [4.78, 5) is 11.4. The molecule has 35 heavy (non-hydrogen) atoms. The van der Waals surface area contributed by atoms with E-state index in [-0.39, 0.29) is 6.04 Å². The number of hydrogen-bond acceptors (Lipinski definition) is 7. The Labute approximate surface area is 204 Å². The molecule has 8 heteroatoms. The smallest absolute Gasteiger partial charge is 0.134 e. The lowest BCUT2D eigenvalue weighted by atomic mass is 10.0. The molecule has 4 atom stereocenters. The zero-order valence-corrected chi connectivity index (χ0v) is 19.8. The van der Waals surface area contributed by atoms with Crippen molar-refractivity contribution in [3.8, 4) is 11.8 Å². The van der Waals surface area contributed by atoms with Gasteiger partial charge in [-0.05, 0) is 37.3 Å². The van der Waals surface area contributed by atoms with E-state index in [4.69, 9.17) is 10.5 Å². The number of anilines is 2. The normalized spacial score (nSPS) is 26.6. The van der Waals surface area contributed by atoms with Crippen LogP contribution in [0.5, 0.6) is 5.75 Å². The van der Waals surface area contributed by atoms with Gasteiger partial charge in [-0.15, -0.1) is 0 Å². The lowest BCUT2D eigenvalue weighted by Crippen LogP contribution is -2.58. The van der Waals surface area contributed by atoms with Crippen LogP contribution in [0, 0.1) is 11.3 Å². The number of piperazine rings is 1. The monoisotopic (exact) mass is 472 g/mol. The van der Waals surface area contributed by atoms with Gasteiger partial charge in [0.2, 0.25) is 0 Å². The minimum absolute atomic E-state index is 0.215. The van der Waals surface area contributed by atoms with Crippen LogP contribution in [0.2, 0.25) is 0 Å². The van der Waals surface area contributed by atoms with Crippen LogP contribution >= 0.6 is 0 Å². The Morgan fingerprint density at radius 3 is 2.80 bits per heavy atom. The number of halogens is 1. The predicted octanol–water partition coefficient (Wildman–Crippen LogP) is 3.06. The van der Waals surface area contributed by atoms with Crippen molar-refractivity contribution in [2.75, 3.05) is 42.6 Å². The van der Waals surface area contributed by atoms with E-state index in [2.05, 4.69) is 39.9 Å². The topological polar surface area (TPSA) is 81.7 Å². The van der Waals surface area contributed by atoms with Crippen molar-refractivity contribution in [1.82, 2.24) is 9.88 Å². The van der Waals surface area contributed by atoms with Crippen molar-refractivity contribution >= 4 is 22.3 Å². The molecule has 2 fully saturated rings. The van der Waals surface area contributed by atoms with E-state index in [1.807, 2.05) is 35.2 Å². The molecule has 3 aromatic rings. The van der Waals surface area contributed by atoms with Gasteiger partial charge in [-0.2, -0.15) is 5.26 Å². The first kappa shape index (κ1) is 22.1. The molecule has 1 aromatic heterocycles. The third-order valence-electron chi connectivity index (χ3n) is 7.65. The molecule has 0 spiro atoms. The number of rotatable bonds is 2. The Morgan fingerprint density at radius 2 is 2.00 bits per heavy atom. The highest BCUT2D eigenvalue weighted by Gasteiger charge is 2.36. The highest BCUT2D eigenvalue weighted by Crippen LogP contribution is 2.36. The predicted molar refractivity (Wildman–Crippen MR) is 134 cm³/mol. The lowest BCUT2D eigenvalue weighted by molar-refractivity contribution is 0.0892. The van der Waals surface area contributed by atoms with Crippen LogP contribution in [0.25, 0.3) is 10.9 Å². The second-order valence-electron chi connectivity index (χ2n) is 9.91. The van der Waals surface area contributed by atoms with Gasteiger partial charge in [0, 0.05) is 66.8 Å². The zero-order chi connectivity index (χ0) is 24.1. The van der Waals surface area contributed by atoms with Gasteiger partial charge in [-0.3, -0.25) is 9.88 Å². The number of nitrogens with two attached hydrogens (primary N) is 1. The van der Waals surface area contributed by atoms with Crippen LogP contribution in [0.1, 0.15) is 18.1 Å². The molecule has 4 heterocycles. The molecule has 3 aliphatic rings. The Hall–Kier alpha value is -3.41. The average molecular weight is 473 g/mol. The van der Waals surface area contributed by atoms with Gasteiger partial charge in [0.05, 0.1) is 29.7 Å². The second kappa shape index (κ2) is 8.67. The Bertz CT molecular complexity index is 1300. The van der Waals surface area contributed by atoms with E-state index in [1.165, 1.54) is 0 Å². The minimum Gasteiger partial charge on any atom is -0.491 e. The quantitative estimate of drug-likeness (QED) is 0.614. The van der Waals surface area contributed by atoms with Crippen molar-refractivity contribution < 1.29 is 9.13 Å². The summed E-state index contributed by atoms with van der Waals surface area (Å²) in [7, 11) is 0. The summed E-state index contributed by atoms with van der Waals surface area (Å²) in [5, 5.41) is 10.5. The van der Waals surface area contributed by atoms with Gasteiger partial charge in [0.25, 0.3) is 0 Å². The van der Waals surface area contributed by atoms with Crippen molar-refractivity contribution in [2.24, 2.45) is 5.73 Å². The van der Waals surface area contributed by atoms with E-state index in [0.29, 0.717) is 31.3 Å². The van der Waals surface area contributed by atoms with Crippen LogP contribution in [0.3, 0.4) is 0 Å². The minimum atomic E-state index is -0.996. The highest BCUT2D eigenvalue weighted by atomic mass is 19.1. The fourth-order valence-corrected chi connectivity index (χ4v) is 5.76. The first-order chi connectivity index (χ1) is 17.0. The molecule has 0 radical (unpaired) electrons. The number of ether oxygens (including phenoxy) is 1. The molecule has 0 unspecified atom stereocenters. The average Bonchev–Trinajstić information content (AvgIpc) is 3.10. The maximum Gasteiger partial charge on any atom is 0.134 e. The highest BCUT2D eigenvalue weighted by molar-refractivity contribution is 5.95. The van der Waals surface area contributed by atoms with Crippen molar-refractivity contribution in [1.29, 1.82) is 5.26 Å². The van der Waals surface area contributed by atoms with Gasteiger partial charge in [0.1, 0.15) is 24.6 Å². The number of alkyl halides is 1. The SMILES string of the molecule is C[C@@H]1CN(c2ccc(C#N)c3ncccc23)C[C@@H]2COc3cc(N4C[C@@H](N)[C@@H](F)C4)ccc3CN21. The summed E-state index contributed by atoms with van der Waals surface area (Å²) in [6.45, 7) is 6.21. The molecule has 0 aliphatic carbocycles. The Morgan fingerprint density at radius 1 is 1.11 bits per heavy atom. The fraction of sp³-hybridized carbons (Fsp3) is 0.407. The summed E-state index contributed by atoms with van der Waals surface area (Å²) in [6.07, 6.45) is 0.742. The van der Waals surface area contributed by atoms with Crippen LogP contribution in [-0.2, 0) is 6.54 Å². The lowest BCUT2D eigenvalue weighted by Gasteiger charge is -2.45. The number of pyridine rings is 1. The molecule has 2 saturated heterocycles. The Kier molecular flexibility index (Phi) is 5.47. The van der Waals surface area contributed by atoms with Gasteiger partial charge in [0.15, 0.2) is 0 Å². The number of benzene rings is 2. The van der Waals surface area contributed by atoms with Crippen molar-refractivity contribution in [3.63, 3.8) is 0 Å². The Balaban J connectivity index is 1.26. The molecule has 0 bridgehead atoms. The maximum absolute atomic E-state index is 14.0. The molecule has 3 aliphatic heterocycles. The number of fused-ring (bicyclic) bond motifs is 3. The molecule has 2 aromatic carbocycles. The van der Waals surface area contributed by atoms with Crippen molar-refractivity contribution in [2.45, 2.75) is 37.8 Å². The number of aromatic nitrogens is 1. The third-order valence-corrected chi connectivity index (χ3v) is 7.65. The van der Waals surface area contributed by atoms with Crippen LogP contribution in [-0.4, -0.2) is 67.0 Å². The number of nitrogens with zero attached hydrogens (tertiary/aromatic N) is 5. The van der Waals surface area contributed by atoms with E-state index in [0.717, 1.165) is 53.2 Å². The van der Waals surface area contributed by atoms with E-state index in [9.17, 15) is 9.65 Å². The second-order valence-corrected chi connectivity index (χ2v) is 9.91. The van der Waals surface area contributed by atoms with E-state index < -0.39 is 12.2 Å². The molecule has 7 nitrogen and oxygen atoms in total. The summed E-state index contributed by atoms with van der Waals surface area (Å²) in [6, 6.07) is 16.4. The van der Waals surface area contributed by atoms with E-state index >= 15 is 0 Å². The van der Waals surface area contributed by atoms with Crippen molar-refractivity contribution in [3.05, 3.63) is 59.8 Å². The van der Waals surface area contributed by atoms with Gasteiger partial charge < -0.3 is 20.3 Å². The van der Waals surface area contributed by atoms with Gasteiger partial charge in [-0.25, -0.2) is 4.39 Å². The first-order valence-electron chi connectivity index (χ1n) is 12.2. The van der Waals surface area contributed by atoms with Crippen LogP contribution < -0.4 is 20.3 Å². The third kappa shape index (κ3) is 3.85. The largest absolute Gasteiger partial charge is 0.491 e. The molecular formula is C27H29FN6O. The molecule has 6 rings (SSSR count). The molecule has 180 valence electrons.